The zero-order valence-electron chi connectivity index (χ0n) is 8.29. The highest BCUT2D eigenvalue weighted by Gasteiger charge is 2.01. The molecule has 0 aliphatic rings. The average Bonchev–Trinajstić information content (AvgIpc) is 2.83. The number of anilines is 1. The van der Waals surface area contributed by atoms with Crippen molar-refractivity contribution in [2.75, 3.05) is 5.32 Å². The van der Waals surface area contributed by atoms with E-state index >= 15 is 0 Å². The lowest BCUT2D eigenvalue weighted by molar-refractivity contribution is 1.17. The number of nitrogens with zero attached hydrogens (tertiary/aromatic N) is 1. The number of hydrogen-bond acceptors (Lipinski definition) is 4. The van der Waals surface area contributed by atoms with Crippen LogP contribution in [0.1, 0.15) is 16.7 Å². The molecule has 2 aromatic heterocycles. The van der Waals surface area contributed by atoms with Crippen LogP contribution < -0.4 is 5.32 Å². The summed E-state index contributed by atoms with van der Waals surface area (Å²) < 4.78 is 0. The molecule has 80 valence electrons. The largest absolute Gasteiger partial charge is 0.357 e. The van der Waals surface area contributed by atoms with E-state index in [1.54, 1.807) is 0 Å². The van der Waals surface area contributed by atoms with Gasteiger partial charge in [-0.3, -0.25) is 0 Å². The molecule has 0 radical (unpaired) electrons. The molecule has 15 heavy (non-hydrogen) atoms. The van der Waals surface area contributed by atoms with Gasteiger partial charge in [0.05, 0.1) is 6.54 Å². The van der Waals surface area contributed by atoms with Crippen molar-refractivity contribution in [3.8, 4) is 0 Å². The van der Waals surface area contributed by atoms with Crippen LogP contribution in [0.15, 0.2) is 17.5 Å². The van der Waals surface area contributed by atoms with Crippen LogP contribution in [0.5, 0.6) is 0 Å². The highest BCUT2D eigenvalue weighted by atomic mass is 35.5. The van der Waals surface area contributed by atoms with Crippen molar-refractivity contribution in [3.05, 3.63) is 32.4 Å². The third-order valence-corrected chi connectivity index (χ3v) is 4.31. The fourth-order valence-corrected chi connectivity index (χ4v) is 2.94. The fourth-order valence-electron chi connectivity index (χ4n) is 1.21. The van der Waals surface area contributed by atoms with E-state index in [0.29, 0.717) is 5.15 Å². The molecule has 5 heteroatoms. The molecule has 0 aromatic carbocycles. The molecule has 0 atom stereocenters. The van der Waals surface area contributed by atoms with Gasteiger partial charge in [-0.15, -0.1) is 22.7 Å². The topological polar surface area (TPSA) is 24.9 Å². The van der Waals surface area contributed by atoms with Crippen molar-refractivity contribution in [1.29, 1.82) is 0 Å². The van der Waals surface area contributed by atoms with Crippen molar-refractivity contribution in [3.63, 3.8) is 0 Å². The predicted octanol–water partition coefficient (Wildman–Crippen LogP) is 4.03. The Hall–Kier alpha value is -0.580. The summed E-state index contributed by atoms with van der Waals surface area (Å²) in [7, 11) is 0. The smallest absolute Gasteiger partial charge is 0.184 e. The Bertz CT molecular complexity index is 436. The third-order valence-electron chi connectivity index (χ3n) is 1.96. The second-order valence-corrected chi connectivity index (χ2v) is 5.55. The Morgan fingerprint density at radius 1 is 1.40 bits per heavy atom. The maximum atomic E-state index is 5.73. The van der Waals surface area contributed by atoms with E-state index in [4.69, 9.17) is 11.6 Å². The summed E-state index contributed by atoms with van der Waals surface area (Å²) in [4.78, 5) is 6.88. The SMILES string of the molecule is CCc1ccc(CNc2nc(Cl)cs2)s1. The zero-order valence-corrected chi connectivity index (χ0v) is 10.7. The number of rotatable bonds is 4. The number of halogens is 1. The van der Waals surface area contributed by atoms with Gasteiger partial charge in [0.25, 0.3) is 0 Å². The molecule has 2 heterocycles. The van der Waals surface area contributed by atoms with E-state index in [0.717, 1.165) is 18.1 Å². The van der Waals surface area contributed by atoms with Gasteiger partial charge in [0.2, 0.25) is 0 Å². The molecule has 0 amide bonds. The second kappa shape index (κ2) is 4.96. The van der Waals surface area contributed by atoms with Crippen LogP contribution in [-0.2, 0) is 13.0 Å². The summed E-state index contributed by atoms with van der Waals surface area (Å²) in [5.41, 5.74) is 0. The van der Waals surface area contributed by atoms with E-state index in [9.17, 15) is 0 Å². The molecule has 0 spiro atoms. The Morgan fingerprint density at radius 3 is 2.80 bits per heavy atom. The lowest BCUT2D eigenvalue weighted by Gasteiger charge is -1.98. The average molecular weight is 259 g/mol. The monoisotopic (exact) mass is 258 g/mol. The van der Waals surface area contributed by atoms with Crippen molar-refractivity contribution in [1.82, 2.24) is 4.98 Å². The van der Waals surface area contributed by atoms with Gasteiger partial charge in [-0.1, -0.05) is 18.5 Å². The van der Waals surface area contributed by atoms with Gasteiger partial charge >= 0.3 is 0 Å². The molecule has 0 fully saturated rings. The maximum absolute atomic E-state index is 5.73. The highest BCUT2D eigenvalue weighted by molar-refractivity contribution is 7.14. The van der Waals surface area contributed by atoms with Crippen LogP contribution in [0.2, 0.25) is 5.15 Å². The lowest BCUT2D eigenvalue weighted by atomic mass is 10.4. The molecule has 0 unspecified atom stereocenters. The van der Waals surface area contributed by atoms with E-state index in [2.05, 4.69) is 29.4 Å². The summed E-state index contributed by atoms with van der Waals surface area (Å²) in [5, 5.41) is 6.52. The van der Waals surface area contributed by atoms with Crippen LogP contribution in [0, 0.1) is 0 Å². The minimum Gasteiger partial charge on any atom is -0.357 e. The van der Waals surface area contributed by atoms with Crippen LogP contribution in [0.25, 0.3) is 0 Å². The molecule has 2 nitrogen and oxygen atoms in total. The summed E-state index contributed by atoms with van der Waals surface area (Å²) in [6, 6.07) is 4.34. The van der Waals surface area contributed by atoms with E-state index in [1.807, 2.05) is 16.7 Å². The molecular formula is C10H11ClN2S2. The van der Waals surface area contributed by atoms with Crippen LogP contribution in [0.4, 0.5) is 5.13 Å². The molecule has 2 rings (SSSR count). The number of thiazole rings is 1. The summed E-state index contributed by atoms with van der Waals surface area (Å²) in [6.07, 6.45) is 1.10. The van der Waals surface area contributed by atoms with Crippen LogP contribution >= 0.6 is 34.3 Å². The number of thiophene rings is 1. The first kappa shape index (κ1) is 10.9. The maximum Gasteiger partial charge on any atom is 0.184 e. The first-order chi connectivity index (χ1) is 7.28. The third kappa shape index (κ3) is 2.93. The number of aryl methyl sites for hydroxylation is 1. The van der Waals surface area contributed by atoms with E-state index < -0.39 is 0 Å². The van der Waals surface area contributed by atoms with Gasteiger partial charge in [0, 0.05) is 15.1 Å². The van der Waals surface area contributed by atoms with E-state index in [1.165, 1.54) is 21.1 Å². The fraction of sp³-hybridized carbons (Fsp3) is 0.300. The minimum absolute atomic E-state index is 0.558. The quantitative estimate of drug-likeness (QED) is 0.896. The normalized spacial score (nSPS) is 10.5. The first-order valence-electron chi connectivity index (χ1n) is 4.70. The highest BCUT2D eigenvalue weighted by Crippen LogP contribution is 2.22. The van der Waals surface area contributed by atoms with Crippen molar-refractivity contribution in [2.24, 2.45) is 0 Å². The molecule has 1 N–H and O–H groups in total. The number of aromatic nitrogens is 1. The van der Waals surface area contributed by atoms with Gasteiger partial charge in [-0.2, -0.15) is 0 Å². The summed E-state index contributed by atoms with van der Waals surface area (Å²) in [5.74, 6) is 0. The first-order valence-corrected chi connectivity index (χ1v) is 6.78. The molecule has 0 bridgehead atoms. The molecule has 0 saturated heterocycles. The lowest BCUT2D eigenvalue weighted by Crippen LogP contribution is -1.96. The van der Waals surface area contributed by atoms with Crippen molar-refractivity contribution in [2.45, 2.75) is 19.9 Å². The van der Waals surface area contributed by atoms with Gasteiger partial charge in [0.1, 0.15) is 5.15 Å². The van der Waals surface area contributed by atoms with Gasteiger partial charge in [-0.05, 0) is 18.6 Å². The van der Waals surface area contributed by atoms with Crippen LogP contribution in [0.3, 0.4) is 0 Å². The molecule has 0 aliphatic heterocycles. The molecular weight excluding hydrogens is 248 g/mol. The summed E-state index contributed by atoms with van der Waals surface area (Å²) in [6.45, 7) is 3.00. The van der Waals surface area contributed by atoms with Gasteiger partial charge in [0.15, 0.2) is 5.13 Å². The van der Waals surface area contributed by atoms with Crippen molar-refractivity contribution >= 4 is 39.4 Å². The van der Waals surface area contributed by atoms with Gasteiger partial charge < -0.3 is 5.32 Å². The van der Waals surface area contributed by atoms with E-state index in [-0.39, 0.29) is 0 Å². The molecule has 0 aliphatic carbocycles. The minimum atomic E-state index is 0.558. The van der Waals surface area contributed by atoms with Crippen molar-refractivity contribution < 1.29 is 0 Å². The number of nitrogens with one attached hydrogen (secondary N) is 1. The molecule has 2 aromatic rings. The zero-order chi connectivity index (χ0) is 10.7. The predicted molar refractivity (Wildman–Crippen MR) is 68.1 cm³/mol. The Balaban J connectivity index is 1.93. The Labute approximate surface area is 102 Å². The molecule has 0 saturated carbocycles. The van der Waals surface area contributed by atoms with Crippen LogP contribution in [-0.4, -0.2) is 4.98 Å². The second-order valence-electron chi connectivity index (χ2n) is 3.05. The van der Waals surface area contributed by atoms with Gasteiger partial charge in [-0.25, -0.2) is 4.98 Å². The Morgan fingerprint density at radius 2 is 2.20 bits per heavy atom. The standard InChI is InChI=1S/C10H11ClN2S2/c1-2-7-3-4-8(15-7)5-12-10-13-9(11)6-14-10/h3-4,6H,2,5H2,1H3,(H,12,13). The number of hydrogen-bond donors (Lipinski definition) is 1. The summed E-state index contributed by atoms with van der Waals surface area (Å²) >= 11 is 9.10. The Kier molecular flexibility index (Phi) is 3.61.